The SMILES string of the molecule is COc1ccc(C(C)N2C3CCC2CC(c2ccc(C(F)(F)F)cc2)C3)c(C)c1C. The van der Waals surface area contributed by atoms with Gasteiger partial charge in [0.2, 0.25) is 0 Å². The Morgan fingerprint density at radius 3 is 2.07 bits per heavy atom. The first-order valence-electron chi connectivity index (χ1n) is 10.8. The Kier molecular flexibility index (Phi) is 5.60. The lowest BCUT2D eigenvalue weighted by Crippen LogP contribution is -2.43. The average Bonchev–Trinajstić information content (AvgIpc) is 2.98. The summed E-state index contributed by atoms with van der Waals surface area (Å²) in [5.74, 6) is 1.26. The first kappa shape index (κ1) is 21.2. The molecule has 2 nitrogen and oxygen atoms in total. The van der Waals surface area contributed by atoms with Crippen LogP contribution in [0.4, 0.5) is 13.2 Å². The third-order valence-corrected chi connectivity index (χ3v) is 7.40. The molecule has 3 atom stereocenters. The van der Waals surface area contributed by atoms with Crippen molar-refractivity contribution in [2.75, 3.05) is 7.11 Å². The smallest absolute Gasteiger partial charge is 0.416 e. The minimum Gasteiger partial charge on any atom is -0.496 e. The van der Waals surface area contributed by atoms with Crippen molar-refractivity contribution in [3.8, 4) is 5.75 Å². The molecule has 2 aromatic carbocycles. The molecule has 30 heavy (non-hydrogen) atoms. The van der Waals surface area contributed by atoms with E-state index in [-0.39, 0.29) is 0 Å². The molecule has 0 radical (unpaired) electrons. The Balaban J connectivity index is 1.53. The monoisotopic (exact) mass is 417 g/mol. The zero-order valence-corrected chi connectivity index (χ0v) is 18.1. The predicted molar refractivity (Wildman–Crippen MR) is 113 cm³/mol. The molecule has 2 aliphatic rings. The number of ether oxygens (including phenoxy) is 1. The molecule has 2 aromatic rings. The van der Waals surface area contributed by atoms with Crippen molar-refractivity contribution in [1.82, 2.24) is 4.90 Å². The molecule has 3 unspecified atom stereocenters. The van der Waals surface area contributed by atoms with E-state index < -0.39 is 11.7 Å². The van der Waals surface area contributed by atoms with Gasteiger partial charge in [0.25, 0.3) is 0 Å². The van der Waals surface area contributed by atoms with Crippen LogP contribution in [0.1, 0.15) is 72.4 Å². The lowest BCUT2D eigenvalue weighted by atomic mass is 9.83. The molecule has 0 aliphatic carbocycles. The number of benzene rings is 2. The van der Waals surface area contributed by atoms with Gasteiger partial charge < -0.3 is 4.74 Å². The van der Waals surface area contributed by atoms with E-state index in [4.69, 9.17) is 4.74 Å². The number of hydrogen-bond donors (Lipinski definition) is 0. The fourth-order valence-electron chi connectivity index (χ4n) is 5.71. The van der Waals surface area contributed by atoms with Crippen molar-refractivity contribution >= 4 is 0 Å². The summed E-state index contributed by atoms with van der Waals surface area (Å²) in [6.45, 7) is 6.56. The van der Waals surface area contributed by atoms with Crippen LogP contribution in [0.5, 0.6) is 5.75 Å². The second-order valence-corrected chi connectivity index (χ2v) is 8.90. The van der Waals surface area contributed by atoms with E-state index >= 15 is 0 Å². The summed E-state index contributed by atoms with van der Waals surface area (Å²) in [6.07, 6.45) is 0.0894. The highest BCUT2D eigenvalue weighted by molar-refractivity contribution is 5.45. The van der Waals surface area contributed by atoms with Crippen LogP contribution in [0.25, 0.3) is 0 Å². The van der Waals surface area contributed by atoms with Crippen LogP contribution in [-0.4, -0.2) is 24.1 Å². The molecule has 2 aliphatic heterocycles. The van der Waals surface area contributed by atoms with Crippen LogP contribution in [0.3, 0.4) is 0 Å². The van der Waals surface area contributed by atoms with Crippen LogP contribution >= 0.6 is 0 Å². The quantitative estimate of drug-likeness (QED) is 0.542. The zero-order chi connectivity index (χ0) is 21.6. The molecular weight excluding hydrogens is 387 g/mol. The average molecular weight is 418 g/mol. The summed E-state index contributed by atoms with van der Waals surface area (Å²) >= 11 is 0. The Morgan fingerprint density at radius 1 is 0.933 bits per heavy atom. The number of fused-ring (bicyclic) bond motifs is 2. The van der Waals surface area contributed by atoms with E-state index in [9.17, 15) is 13.2 Å². The maximum Gasteiger partial charge on any atom is 0.416 e. The number of piperidine rings is 1. The van der Waals surface area contributed by atoms with Gasteiger partial charge in [-0.25, -0.2) is 0 Å². The second-order valence-electron chi connectivity index (χ2n) is 8.90. The van der Waals surface area contributed by atoms with Gasteiger partial charge in [0.15, 0.2) is 0 Å². The highest BCUT2D eigenvalue weighted by atomic mass is 19.4. The van der Waals surface area contributed by atoms with Crippen LogP contribution in [0, 0.1) is 13.8 Å². The largest absolute Gasteiger partial charge is 0.496 e. The number of hydrogen-bond acceptors (Lipinski definition) is 2. The van der Waals surface area contributed by atoms with Gasteiger partial charge in [-0.1, -0.05) is 18.2 Å². The fraction of sp³-hybridized carbons (Fsp3) is 0.520. The number of alkyl halides is 3. The van der Waals surface area contributed by atoms with Gasteiger partial charge in [-0.3, -0.25) is 4.90 Å². The van der Waals surface area contributed by atoms with E-state index in [1.54, 1.807) is 19.2 Å². The molecule has 2 fully saturated rings. The minimum atomic E-state index is -4.27. The third kappa shape index (κ3) is 3.73. The molecule has 0 spiro atoms. The topological polar surface area (TPSA) is 12.5 Å². The summed E-state index contributed by atoms with van der Waals surface area (Å²) < 4.78 is 44.1. The molecule has 4 rings (SSSR count). The lowest BCUT2D eigenvalue weighted by molar-refractivity contribution is -0.137. The van der Waals surface area contributed by atoms with Crippen molar-refractivity contribution in [2.24, 2.45) is 0 Å². The second kappa shape index (κ2) is 7.92. The van der Waals surface area contributed by atoms with E-state index in [2.05, 4.69) is 37.8 Å². The zero-order valence-electron chi connectivity index (χ0n) is 18.1. The lowest BCUT2D eigenvalue weighted by Gasteiger charge is -2.43. The first-order chi connectivity index (χ1) is 14.2. The molecule has 2 saturated heterocycles. The van der Waals surface area contributed by atoms with Crippen molar-refractivity contribution in [3.05, 3.63) is 64.2 Å². The van der Waals surface area contributed by atoms with Crippen LogP contribution in [-0.2, 0) is 6.18 Å². The van der Waals surface area contributed by atoms with Crippen molar-refractivity contribution < 1.29 is 17.9 Å². The van der Waals surface area contributed by atoms with Gasteiger partial charge in [-0.2, -0.15) is 13.2 Å². The van der Waals surface area contributed by atoms with Gasteiger partial charge in [0.05, 0.1) is 12.7 Å². The summed E-state index contributed by atoms with van der Waals surface area (Å²) in [7, 11) is 1.71. The Hall–Kier alpha value is -2.01. The summed E-state index contributed by atoms with van der Waals surface area (Å²) in [4.78, 5) is 2.66. The number of nitrogens with zero attached hydrogens (tertiary/aromatic N) is 1. The van der Waals surface area contributed by atoms with Gasteiger partial charge >= 0.3 is 6.18 Å². The maximum atomic E-state index is 12.9. The van der Waals surface area contributed by atoms with Gasteiger partial charge in [-0.05, 0) is 92.8 Å². The predicted octanol–water partition coefficient (Wildman–Crippen LogP) is 6.80. The Morgan fingerprint density at radius 2 is 1.53 bits per heavy atom. The van der Waals surface area contributed by atoms with Crippen LogP contribution in [0.15, 0.2) is 36.4 Å². The van der Waals surface area contributed by atoms with E-state index in [1.165, 1.54) is 41.7 Å². The van der Waals surface area contributed by atoms with Crippen LogP contribution in [0.2, 0.25) is 0 Å². The molecule has 162 valence electrons. The van der Waals surface area contributed by atoms with Crippen molar-refractivity contribution in [1.29, 1.82) is 0 Å². The minimum absolute atomic E-state index is 0.320. The molecule has 5 heteroatoms. The molecule has 0 aromatic heterocycles. The standard InChI is InChI=1S/C25H30F3NO/c1-15-16(2)24(30-4)12-11-23(15)17(3)29-21-9-10-22(29)14-19(13-21)18-5-7-20(8-6-18)25(26,27)28/h5-8,11-12,17,19,21-22H,9-10,13-14H2,1-4H3. The van der Waals surface area contributed by atoms with Gasteiger partial charge in [-0.15, -0.1) is 0 Å². The normalized spacial score (nSPS) is 25.4. The molecular formula is C25H30F3NO. The molecule has 0 amide bonds. The van der Waals surface area contributed by atoms with Gasteiger partial charge in [0.1, 0.15) is 5.75 Å². The highest BCUT2D eigenvalue weighted by Crippen LogP contribution is 2.47. The third-order valence-electron chi connectivity index (χ3n) is 7.40. The summed E-state index contributed by atoms with van der Waals surface area (Å²) in [5, 5.41) is 0. The Bertz CT molecular complexity index is 892. The van der Waals surface area contributed by atoms with Gasteiger partial charge in [0, 0.05) is 18.1 Å². The molecule has 2 heterocycles. The summed E-state index contributed by atoms with van der Waals surface area (Å²) in [6, 6.07) is 11.4. The van der Waals surface area contributed by atoms with Crippen molar-refractivity contribution in [2.45, 2.75) is 76.7 Å². The molecule has 0 saturated carbocycles. The highest BCUT2D eigenvalue weighted by Gasteiger charge is 2.43. The Labute approximate surface area is 177 Å². The van der Waals surface area contributed by atoms with E-state index in [0.29, 0.717) is 24.0 Å². The van der Waals surface area contributed by atoms with Crippen LogP contribution < -0.4 is 4.74 Å². The number of halogens is 3. The molecule has 0 N–H and O–H groups in total. The first-order valence-corrected chi connectivity index (χ1v) is 10.8. The summed E-state index contributed by atoms with van der Waals surface area (Å²) in [5.41, 5.74) is 4.30. The number of rotatable bonds is 4. The van der Waals surface area contributed by atoms with E-state index in [0.717, 1.165) is 24.2 Å². The fourth-order valence-corrected chi connectivity index (χ4v) is 5.71. The maximum absolute atomic E-state index is 12.9. The van der Waals surface area contributed by atoms with Crippen molar-refractivity contribution in [3.63, 3.8) is 0 Å². The molecule has 2 bridgehead atoms. The number of methoxy groups -OCH3 is 1. The van der Waals surface area contributed by atoms with E-state index in [1.807, 2.05) is 0 Å².